The molecule has 1 atom stereocenters. The first-order valence-corrected chi connectivity index (χ1v) is 7.17. The molecule has 0 radical (unpaired) electrons. The van der Waals surface area contributed by atoms with Gasteiger partial charge in [-0.3, -0.25) is 4.79 Å². The van der Waals surface area contributed by atoms with E-state index < -0.39 is 0 Å². The summed E-state index contributed by atoms with van der Waals surface area (Å²) in [6.45, 7) is 1.60. The zero-order chi connectivity index (χ0) is 13.9. The predicted molar refractivity (Wildman–Crippen MR) is 74.7 cm³/mol. The molecule has 2 heterocycles. The van der Waals surface area contributed by atoms with Crippen LogP contribution in [0.5, 0.6) is 5.75 Å². The van der Waals surface area contributed by atoms with Crippen LogP contribution in [0.1, 0.15) is 25.7 Å². The third-order valence-electron chi connectivity index (χ3n) is 3.85. The summed E-state index contributed by atoms with van der Waals surface area (Å²) in [7, 11) is 1.59. The summed E-state index contributed by atoms with van der Waals surface area (Å²) in [6.07, 6.45) is 7.53. The van der Waals surface area contributed by atoms with E-state index in [1.807, 2.05) is 0 Å². The molecule has 6 heteroatoms. The molecule has 1 aromatic rings. The number of hydrogen-bond donors (Lipinski definition) is 1. The van der Waals surface area contributed by atoms with Crippen molar-refractivity contribution in [2.24, 2.45) is 5.92 Å². The van der Waals surface area contributed by atoms with E-state index >= 15 is 0 Å². The highest BCUT2D eigenvalue weighted by Gasteiger charge is 2.31. The summed E-state index contributed by atoms with van der Waals surface area (Å²) in [6, 6.07) is 0.426. The van der Waals surface area contributed by atoms with E-state index in [4.69, 9.17) is 4.74 Å². The maximum absolute atomic E-state index is 12.1. The summed E-state index contributed by atoms with van der Waals surface area (Å²) >= 11 is 0. The average Bonchev–Trinajstić information content (AvgIpc) is 3.31. The molecule has 0 aromatic carbocycles. The van der Waals surface area contributed by atoms with E-state index in [1.165, 1.54) is 0 Å². The molecule has 1 aliphatic heterocycles. The van der Waals surface area contributed by atoms with Gasteiger partial charge in [0.2, 0.25) is 11.9 Å². The molecule has 2 aliphatic rings. The Labute approximate surface area is 118 Å². The lowest BCUT2D eigenvalue weighted by atomic mass is 9.97. The Morgan fingerprint density at radius 2 is 2.10 bits per heavy atom. The summed E-state index contributed by atoms with van der Waals surface area (Å²) in [5, 5.41) is 3.09. The number of amides is 1. The van der Waals surface area contributed by atoms with Crippen molar-refractivity contribution in [3.05, 3.63) is 12.4 Å². The zero-order valence-electron chi connectivity index (χ0n) is 11.7. The Morgan fingerprint density at radius 3 is 2.75 bits per heavy atom. The number of anilines is 1. The topological polar surface area (TPSA) is 67.3 Å². The van der Waals surface area contributed by atoms with Crippen LogP contribution in [0.25, 0.3) is 0 Å². The van der Waals surface area contributed by atoms with Crippen molar-refractivity contribution in [3.63, 3.8) is 0 Å². The lowest BCUT2D eigenvalue weighted by Crippen LogP contribution is -2.44. The standard InChI is InChI=1S/C14H20N4O2/c1-20-12-7-15-14(16-8-12)18-6-2-3-10(9-18)13(19)17-11-4-5-11/h7-8,10-11H,2-6,9H2,1H3,(H,17,19). The molecule has 1 amide bonds. The average molecular weight is 276 g/mol. The molecule has 3 rings (SSSR count). The fourth-order valence-electron chi connectivity index (χ4n) is 2.50. The summed E-state index contributed by atoms with van der Waals surface area (Å²) in [5.41, 5.74) is 0. The zero-order valence-corrected chi connectivity index (χ0v) is 11.7. The molecule has 108 valence electrons. The number of rotatable bonds is 4. The summed E-state index contributed by atoms with van der Waals surface area (Å²) in [5.74, 6) is 1.56. The van der Waals surface area contributed by atoms with E-state index in [2.05, 4.69) is 20.2 Å². The SMILES string of the molecule is COc1cnc(N2CCCC(C(=O)NC3CC3)C2)nc1. The van der Waals surface area contributed by atoms with Crippen molar-refractivity contribution in [1.29, 1.82) is 0 Å². The summed E-state index contributed by atoms with van der Waals surface area (Å²) < 4.78 is 5.06. The van der Waals surface area contributed by atoms with Crippen LogP contribution in [0.15, 0.2) is 12.4 Å². The van der Waals surface area contributed by atoms with Crippen molar-refractivity contribution in [2.45, 2.75) is 31.7 Å². The van der Waals surface area contributed by atoms with Gasteiger partial charge in [0.15, 0.2) is 5.75 Å². The van der Waals surface area contributed by atoms with Crippen LogP contribution in [-0.2, 0) is 4.79 Å². The molecule has 1 unspecified atom stereocenters. The Balaban J connectivity index is 1.62. The van der Waals surface area contributed by atoms with Crippen LogP contribution in [0.3, 0.4) is 0 Å². The maximum Gasteiger partial charge on any atom is 0.225 e. The van der Waals surface area contributed by atoms with Gasteiger partial charge in [-0.05, 0) is 25.7 Å². The molecule has 1 aliphatic carbocycles. The number of nitrogens with zero attached hydrogens (tertiary/aromatic N) is 3. The van der Waals surface area contributed by atoms with Gasteiger partial charge in [0.05, 0.1) is 25.4 Å². The summed E-state index contributed by atoms with van der Waals surface area (Å²) in [4.78, 5) is 22.8. The normalized spacial score (nSPS) is 22.4. The lowest BCUT2D eigenvalue weighted by Gasteiger charge is -2.32. The van der Waals surface area contributed by atoms with Crippen molar-refractivity contribution in [2.75, 3.05) is 25.1 Å². The molecule has 0 bridgehead atoms. The number of piperidine rings is 1. The number of ether oxygens (including phenoxy) is 1. The van der Waals surface area contributed by atoms with Gasteiger partial charge in [-0.25, -0.2) is 9.97 Å². The maximum atomic E-state index is 12.1. The number of nitrogens with one attached hydrogen (secondary N) is 1. The highest BCUT2D eigenvalue weighted by Crippen LogP contribution is 2.24. The van der Waals surface area contributed by atoms with Crippen LogP contribution in [0, 0.1) is 5.92 Å². The second-order valence-corrected chi connectivity index (χ2v) is 5.49. The van der Waals surface area contributed by atoms with Crippen LogP contribution in [0.2, 0.25) is 0 Å². The van der Waals surface area contributed by atoms with Gasteiger partial charge in [-0.15, -0.1) is 0 Å². The van der Waals surface area contributed by atoms with E-state index in [0.29, 0.717) is 24.3 Å². The second kappa shape index (κ2) is 5.64. The molecule has 6 nitrogen and oxygen atoms in total. The number of methoxy groups -OCH3 is 1. The van der Waals surface area contributed by atoms with Gasteiger partial charge in [-0.2, -0.15) is 0 Å². The molecular weight excluding hydrogens is 256 g/mol. The Hall–Kier alpha value is -1.85. The predicted octanol–water partition coefficient (Wildman–Crippen LogP) is 0.980. The van der Waals surface area contributed by atoms with Crippen molar-refractivity contribution in [1.82, 2.24) is 15.3 Å². The van der Waals surface area contributed by atoms with Crippen LogP contribution in [-0.4, -0.2) is 42.1 Å². The van der Waals surface area contributed by atoms with Gasteiger partial charge in [0, 0.05) is 19.1 Å². The highest BCUT2D eigenvalue weighted by molar-refractivity contribution is 5.80. The van der Waals surface area contributed by atoms with Crippen molar-refractivity contribution < 1.29 is 9.53 Å². The minimum absolute atomic E-state index is 0.0510. The Morgan fingerprint density at radius 1 is 1.35 bits per heavy atom. The van der Waals surface area contributed by atoms with Gasteiger partial charge in [0.1, 0.15) is 0 Å². The monoisotopic (exact) mass is 276 g/mol. The molecule has 0 spiro atoms. The first-order valence-electron chi connectivity index (χ1n) is 7.17. The lowest BCUT2D eigenvalue weighted by molar-refractivity contribution is -0.125. The van der Waals surface area contributed by atoms with Gasteiger partial charge in [0.25, 0.3) is 0 Å². The van der Waals surface area contributed by atoms with E-state index in [9.17, 15) is 4.79 Å². The molecule has 20 heavy (non-hydrogen) atoms. The minimum Gasteiger partial charge on any atom is -0.494 e. The minimum atomic E-state index is 0.0510. The fraction of sp³-hybridized carbons (Fsp3) is 0.643. The van der Waals surface area contributed by atoms with Crippen molar-refractivity contribution >= 4 is 11.9 Å². The second-order valence-electron chi connectivity index (χ2n) is 5.49. The number of aromatic nitrogens is 2. The quantitative estimate of drug-likeness (QED) is 0.888. The molecule has 1 aromatic heterocycles. The van der Waals surface area contributed by atoms with Crippen molar-refractivity contribution in [3.8, 4) is 5.75 Å². The molecule has 1 saturated carbocycles. The van der Waals surface area contributed by atoms with E-state index in [-0.39, 0.29) is 11.8 Å². The van der Waals surface area contributed by atoms with E-state index in [0.717, 1.165) is 32.2 Å². The third kappa shape index (κ3) is 3.00. The number of hydrogen-bond acceptors (Lipinski definition) is 5. The molecule has 1 N–H and O–H groups in total. The van der Waals surface area contributed by atoms with Crippen LogP contribution >= 0.6 is 0 Å². The van der Waals surface area contributed by atoms with Gasteiger partial charge < -0.3 is 15.0 Å². The highest BCUT2D eigenvalue weighted by atomic mass is 16.5. The fourth-order valence-corrected chi connectivity index (χ4v) is 2.50. The largest absolute Gasteiger partial charge is 0.494 e. The first kappa shape index (κ1) is 13.1. The Bertz CT molecular complexity index is 473. The first-order chi connectivity index (χ1) is 9.76. The molecular formula is C14H20N4O2. The van der Waals surface area contributed by atoms with Crippen LogP contribution in [0.4, 0.5) is 5.95 Å². The smallest absolute Gasteiger partial charge is 0.225 e. The van der Waals surface area contributed by atoms with Gasteiger partial charge >= 0.3 is 0 Å². The number of carbonyl (C=O) groups excluding carboxylic acids is 1. The Kier molecular flexibility index (Phi) is 3.71. The molecule has 2 fully saturated rings. The third-order valence-corrected chi connectivity index (χ3v) is 3.85. The molecule has 1 saturated heterocycles. The number of carbonyl (C=O) groups is 1. The van der Waals surface area contributed by atoms with Crippen LogP contribution < -0.4 is 15.0 Å². The van der Waals surface area contributed by atoms with Gasteiger partial charge in [-0.1, -0.05) is 0 Å². The van der Waals surface area contributed by atoms with E-state index in [1.54, 1.807) is 19.5 Å².